The van der Waals surface area contributed by atoms with Crippen molar-refractivity contribution in [3.8, 4) is 0 Å². The third-order valence-corrected chi connectivity index (χ3v) is 2.40. The molecule has 0 aliphatic rings. The molecule has 1 atom stereocenters. The molecule has 0 fully saturated rings. The first kappa shape index (κ1) is 9.93. The highest BCUT2D eigenvalue weighted by Crippen LogP contribution is 2.21. The molecule has 2 aromatic heterocycles. The van der Waals surface area contributed by atoms with Gasteiger partial charge in [0.15, 0.2) is 0 Å². The smallest absolute Gasteiger partial charge is 0.125 e. The summed E-state index contributed by atoms with van der Waals surface area (Å²) in [5.74, 6) is 1.77. The van der Waals surface area contributed by atoms with Crippen molar-refractivity contribution in [2.45, 2.75) is 19.4 Å². The number of nitrogens with two attached hydrogens (primary N) is 1. The maximum Gasteiger partial charge on any atom is 0.125 e. The first-order chi connectivity index (χ1) is 7.31. The van der Waals surface area contributed by atoms with Crippen LogP contribution in [0.15, 0.2) is 41.1 Å². The maximum atomic E-state index is 6.06. The van der Waals surface area contributed by atoms with Crippen LogP contribution in [0.1, 0.15) is 30.0 Å². The number of nitrogens with zero attached hydrogens (tertiary/aromatic N) is 1. The van der Waals surface area contributed by atoms with Crippen LogP contribution in [-0.4, -0.2) is 4.98 Å². The Hall–Kier alpha value is -1.61. The van der Waals surface area contributed by atoms with E-state index in [4.69, 9.17) is 10.2 Å². The van der Waals surface area contributed by atoms with E-state index >= 15 is 0 Å². The van der Waals surface area contributed by atoms with Crippen molar-refractivity contribution in [3.63, 3.8) is 0 Å². The molecule has 0 radical (unpaired) electrons. The molecule has 2 N–H and O–H groups in total. The van der Waals surface area contributed by atoms with Gasteiger partial charge in [0.25, 0.3) is 0 Å². The second kappa shape index (κ2) is 4.28. The quantitative estimate of drug-likeness (QED) is 0.830. The first-order valence-electron chi connectivity index (χ1n) is 5.05. The molecule has 0 spiro atoms. The molecule has 0 saturated carbocycles. The predicted molar refractivity (Wildman–Crippen MR) is 58.4 cm³/mol. The second-order valence-electron chi connectivity index (χ2n) is 3.42. The summed E-state index contributed by atoms with van der Waals surface area (Å²) in [6.07, 6.45) is 4.36. The Morgan fingerprint density at radius 2 is 2.00 bits per heavy atom. The summed E-state index contributed by atoms with van der Waals surface area (Å²) in [5.41, 5.74) is 7.08. The summed E-state index contributed by atoms with van der Waals surface area (Å²) in [6.45, 7) is 2.06. The van der Waals surface area contributed by atoms with E-state index in [1.54, 1.807) is 12.4 Å². The van der Waals surface area contributed by atoms with Crippen LogP contribution < -0.4 is 5.73 Å². The number of pyridine rings is 1. The zero-order valence-electron chi connectivity index (χ0n) is 8.68. The molecule has 2 heterocycles. The average Bonchev–Trinajstić information content (AvgIpc) is 2.78. The van der Waals surface area contributed by atoms with Crippen LogP contribution >= 0.6 is 0 Å². The van der Waals surface area contributed by atoms with E-state index in [1.807, 2.05) is 24.3 Å². The first-order valence-corrected chi connectivity index (χ1v) is 5.05. The van der Waals surface area contributed by atoms with E-state index < -0.39 is 0 Å². The molecular weight excluding hydrogens is 188 g/mol. The van der Waals surface area contributed by atoms with Gasteiger partial charge in [-0.3, -0.25) is 4.98 Å². The number of aromatic nitrogens is 1. The van der Waals surface area contributed by atoms with Crippen LogP contribution in [0, 0.1) is 0 Å². The minimum absolute atomic E-state index is 0.201. The molecule has 0 amide bonds. The average molecular weight is 202 g/mol. The number of hydrogen-bond acceptors (Lipinski definition) is 3. The maximum absolute atomic E-state index is 6.06. The fraction of sp³-hybridized carbons (Fsp3) is 0.250. The minimum atomic E-state index is -0.201. The molecular formula is C12H14N2O. The zero-order valence-corrected chi connectivity index (χ0v) is 8.68. The van der Waals surface area contributed by atoms with Gasteiger partial charge in [0.2, 0.25) is 0 Å². The Morgan fingerprint density at radius 3 is 2.60 bits per heavy atom. The van der Waals surface area contributed by atoms with Gasteiger partial charge in [-0.25, -0.2) is 0 Å². The normalized spacial score (nSPS) is 12.7. The van der Waals surface area contributed by atoms with Crippen molar-refractivity contribution in [1.29, 1.82) is 0 Å². The number of aryl methyl sites for hydroxylation is 1. The molecule has 78 valence electrons. The van der Waals surface area contributed by atoms with Gasteiger partial charge < -0.3 is 10.2 Å². The fourth-order valence-electron chi connectivity index (χ4n) is 1.49. The van der Waals surface area contributed by atoms with Gasteiger partial charge in [-0.1, -0.05) is 6.92 Å². The van der Waals surface area contributed by atoms with E-state index in [9.17, 15) is 0 Å². The Balaban J connectivity index is 2.24. The van der Waals surface area contributed by atoms with Crippen LogP contribution in [0.3, 0.4) is 0 Å². The summed E-state index contributed by atoms with van der Waals surface area (Å²) < 4.78 is 5.60. The standard InChI is InChI=1S/C12H14N2O/c1-2-10-3-4-11(15-10)12(13)9-5-7-14-8-6-9/h3-8,12H,2,13H2,1H3. The lowest BCUT2D eigenvalue weighted by Gasteiger charge is -2.08. The lowest BCUT2D eigenvalue weighted by Crippen LogP contribution is -2.10. The summed E-state index contributed by atoms with van der Waals surface area (Å²) in [5, 5.41) is 0. The Kier molecular flexibility index (Phi) is 2.83. The third kappa shape index (κ3) is 2.07. The van der Waals surface area contributed by atoms with Crippen molar-refractivity contribution < 1.29 is 4.42 Å². The number of furan rings is 1. The molecule has 0 aromatic carbocycles. The summed E-state index contributed by atoms with van der Waals surface area (Å²) in [6, 6.07) is 7.51. The Bertz CT molecular complexity index is 422. The van der Waals surface area contributed by atoms with Gasteiger partial charge in [0.05, 0.1) is 6.04 Å². The molecule has 3 heteroatoms. The van der Waals surface area contributed by atoms with Gasteiger partial charge in [0.1, 0.15) is 11.5 Å². The molecule has 2 aromatic rings. The van der Waals surface area contributed by atoms with E-state index in [0.29, 0.717) is 0 Å². The van der Waals surface area contributed by atoms with Gasteiger partial charge in [0, 0.05) is 18.8 Å². The minimum Gasteiger partial charge on any atom is -0.464 e. The fourth-order valence-corrected chi connectivity index (χ4v) is 1.49. The van der Waals surface area contributed by atoms with Crippen LogP contribution in [-0.2, 0) is 6.42 Å². The van der Waals surface area contributed by atoms with Crippen molar-refractivity contribution >= 4 is 0 Å². The van der Waals surface area contributed by atoms with Gasteiger partial charge >= 0.3 is 0 Å². The van der Waals surface area contributed by atoms with Crippen LogP contribution in [0.2, 0.25) is 0 Å². The van der Waals surface area contributed by atoms with E-state index in [0.717, 1.165) is 23.5 Å². The molecule has 2 rings (SSSR count). The zero-order chi connectivity index (χ0) is 10.7. The van der Waals surface area contributed by atoms with Crippen molar-refractivity contribution in [2.24, 2.45) is 5.73 Å². The van der Waals surface area contributed by atoms with Gasteiger partial charge in [-0.2, -0.15) is 0 Å². The van der Waals surface area contributed by atoms with Crippen LogP contribution in [0.25, 0.3) is 0 Å². The Morgan fingerprint density at radius 1 is 1.27 bits per heavy atom. The Labute approximate surface area is 88.9 Å². The van der Waals surface area contributed by atoms with E-state index in [1.165, 1.54) is 0 Å². The molecule has 0 saturated heterocycles. The van der Waals surface area contributed by atoms with Crippen LogP contribution in [0.4, 0.5) is 0 Å². The topological polar surface area (TPSA) is 52.0 Å². The highest BCUT2D eigenvalue weighted by molar-refractivity contribution is 5.24. The molecule has 0 aliphatic carbocycles. The summed E-state index contributed by atoms with van der Waals surface area (Å²) in [4.78, 5) is 3.96. The highest BCUT2D eigenvalue weighted by atomic mass is 16.3. The van der Waals surface area contributed by atoms with E-state index in [-0.39, 0.29) is 6.04 Å². The monoisotopic (exact) mass is 202 g/mol. The number of rotatable bonds is 3. The van der Waals surface area contributed by atoms with Gasteiger partial charge in [-0.15, -0.1) is 0 Å². The number of hydrogen-bond donors (Lipinski definition) is 1. The lowest BCUT2D eigenvalue weighted by atomic mass is 10.1. The van der Waals surface area contributed by atoms with Gasteiger partial charge in [-0.05, 0) is 29.8 Å². The molecule has 3 nitrogen and oxygen atoms in total. The second-order valence-corrected chi connectivity index (χ2v) is 3.42. The van der Waals surface area contributed by atoms with Crippen molar-refractivity contribution in [2.75, 3.05) is 0 Å². The summed E-state index contributed by atoms with van der Waals surface area (Å²) in [7, 11) is 0. The van der Waals surface area contributed by atoms with Crippen molar-refractivity contribution in [1.82, 2.24) is 4.98 Å². The molecule has 0 bridgehead atoms. The van der Waals surface area contributed by atoms with Crippen LogP contribution in [0.5, 0.6) is 0 Å². The highest BCUT2D eigenvalue weighted by Gasteiger charge is 2.12. The SMILES string of the molecule is CCc1ccc(C(N)c2ccncc2)o1. The molecule has 0 aliphatic heterocycles. The van der Waals surface area contributed by atoms with E-state index in [2.05, 4.69) is 11.9 Å². The summed E-state index contributed by atoms with van der Waals surface area (Å²) >= 11 is 0. The van der Waals surface area contributed by atoms with Crippen molar-refractivity contribution in [3.05, 3.63) is 53.7 Å². The largest absolute Gasteiger partial charge is 0.464 e. The lowest BCUT2D eigenvalue weighted by molar-refractivity contribution is 0.454. The molecule has 1 unspecified atom stereocenters. The predicted octanol–water partition coefficient (Wildman–Crippen LogP) is 2.29. The third-order valence-electron chi connectivity index (χ3n) is 2.40. The molecule has 15 heavy (non-hydrogen) atoms.